The van der Waals surface area contributed by atoms with E-state index in [0.717, 1.165) is 19.0 Å². The Labute approximate surface area is 69.1 Å². The van der Waals surface area contributed by atoms with Crippen LogP contribution in [0.1, 0.15) is 12.8 Å². The highest BCUT2D eigenvalue weighted by molar-refractivity contribution is 4.70. The molecule has 1 aliphatic rings. The lowest BCUT2D eigenvalue weighted by atomic mass is 9.99. The first kappa shape index (κ1) is 8.97. The largest absolute Gasteiger partial charge is 0.309 e. The number of hydrogen-bond acceptors (Lipinski definition) is 3. The van der Waals surface area contributed by atoms with Gasteiger partial charge in [0, 0.05) is 19.6 Å². The fraction of sp³-hybridized carbons (Fsp3) is 1.00. The lowest BCUT2D eigenvalue weighted by molar-refractivity contribution is 0.153. The lowest BCUT2D eigenvalue weighted by Gasteiger charge is -2.30. The molecule has 0 aromatic rings. The Bertz CT molecular complexity index is 112. The molecule has 0 aromatic carbocycles. The van der Waals surface area contributed by atoms with Crippen LogP contribution < -0.4 is 5.84 Å². The number of nitrogens with zero attached hydrogens (tertiary/aromatic N) is 2. The van der Waals surface area contributed by atoms with Gasteiger partial charge in [0.1, 0.15) is 0 Å². The molecule has 1 saturated heterocycles. The Morgan fingerprint density at radius 3 is 2.82 bits per heavy atom. The van der Waals surface area contributed by atoms with Crippen LogP contribution in [0.15, 0.2) is 0 Å². The minimum absolute atomic E-state index is 0.781. The maximum Gasteiger partial charge on any atom is 0.0169 e. The van der Waals surface area contributed by atoms with E-state index in [1.165, 1.54) is 19.4 Å². The van der Waals surface area contributed by atoms with E-state index in [0.29, 0.717) is 0 Å². The predicted octanol–water partition coefficient (Wildman–Crippen LogP) is 0.134. The smallest absolute Gasteiger partial charge is 0.0169 e. The minimum atomic E-state index is 0.781. The van der Waals surface area contributed by atoms with Crippen LogP contribution in [-0.4, -0.2) is 43.6 Å². The molecule has 0 radical (unpaired) electrons. The SMILES string of the molecule is CN(C)CC1CCCN(N)C1. The van der Waals surface area contributed by atoms with E-state index in [1.54, 1.807) is 0 Å². The molecule has 0 aliphatic carbocycles. The van der Waals surface area contributed by atoms with E-state index in [4.69, 9.17) is 5.84 Å². The summed E-state index contributed by atoms with van der Waals surface area (Å²) in [5, 5.41) is 1.94. The van der Waals surface area contributed by atoms with E-state index in [-0.39, 0.29) is 0 Å². The van der Waals surface area contributed by atoms with Gasteiger partial charge in [0.15, 0.2) is 0 Å². The fourth-order valence-corrected chi connectivity index (χ4v) is 1.76. The first-order chi connectivity index (χ1) is 5.18. The second-order valence-corrected chi connectivity index (χ2v) is 3.77. The quantitative estimate of drug-likeness (QED) is 0.578. The molecule has 1 aliphatic heterocycles. The van der Waals surface area contributed by atoms with Crippen molar-refractivity contribution in [3.05, 3.63) is 0 Å². The molecule has 66 valence electrons. The molecule has 1 rings (SSSR count). The Morgan fingerprint density at radius 1 is 1.55 bits per heavy atom. The molecule has 3 heteroatoms. The highest BCUT2D eigenvalue weighted by Crippen LogP contribution is 2.13. The number of rotatable bonds is 2. The Balaban J connectivity index is 2.23. The van der Waals surface area contributed by atoms with Gasteiger partial charge in [-0.1, -0.05) is 0 Å². The molecule has 11 heavy (non-hydrogen) atoms. The Hall–Kier alpha value is -0.120. The van der Waals surface area contributed by atoms with Crippen LogP contribution in [0.25, 0.3) is 0 Å². The third-order valence-corrected chi connectivity index (χ3v) is 2.17. The molecule has 2 N–H and O–H groups in total. The summed E-state index contributed by atoms with van der Waals surface area (Å²) >= 11 is 0. The Morgan fingerprint density at radius 2 is 2.27 bits per heavy atom. The molecule has 0 amide bonds. The first-order valence-corrected chi connectivity index (χ1v) is 4.33. The lowest BCUT2D eigenvalue weighted by Crippen LogP contribution is -2.43. The summed E-state index contributed by atoms with van der Waals surface area (Å²) in [5.41, 5.74) is 0. The topological polar surface area (TPSA) is 32.5 Å². The van der Waals surface area contributed by atoms with Crippen LogP contribution in [-0.2, 0) is 0 Å². The molecule has 1 unspecified atom stereocenters. The summed E-state index contributed by atoms with van der Waals surface area (Å²) in [5.74, 6) is 6.50. The summed E-state index contributed by atoms with van der Waals surface area (Å²) in [6, 6.07) is 0. The first-order valence-electron chi connectivity index (χ1n) is 4.33. The summed E-state index contributed by atoms with van der Waals surface area (Å²) in [6.07, 6.45) is 2.60. The van der Waals surface area contributed by atoms with Crippen molar-refractivity contribution < 1.29 is 0 Å². The van der Waals surface area contributed by atoms with E-state index in [9.17, 15) is 0 Å². The molecule has 1 atom stereocenters. The van der Waals surface area contributed by atoms with Crippen molar-refractivity contribution in [1.82, 2.24) is 9.91 Å². The average Bonchev–Trinajstić information content (AvgIpc) is 1.85. The Kier molecular flexibility index (Phi) is 3.30. The van der Waals surface area contributed by atoms with Crippen LogP contribution in [0.2, 0.25) is 0 Å². The minimum Gasteiger partial charge on any atom is -0.309 e. The zero-order chi connectivity index (χ0) is 8.27. The van der Waals surface area contributed by atoms with Crippen molar-refractivity contribution in [2.75, 3.05) is 33.7 Å². The van der Waals surface area contributed by atoms with Gasteiger partial charge >= 0.3 is 0 Å². The summed E-state index contributed by atoms with van der Waals surface area (Å²) in [4.78, 5) is 2.24. The number of hydrazine groups is 1. The summed E-state index contributed by atoms with van der Waals surface area (Å²) in [7, 11) is 4.24. The van der Waals surface area contributed by atoms with Crippen molar-refractivity contribution in [3.63, 3.8) is 0 Å². The van der Waals surface area contributed by atoms with Crippen molar-refractivity contribution in [2.24, 2.45) is 11.8 Å². The van der Waals surface area contributed by atoms with Gasteiger partial charge in [0.25, 0.3) is 0 Å². The van der Waals surface area contributed by atoms with E-state index >= 15 is 0 Å². The van der Waals surface area contributed by atoms with Crippen LogP contribution in [0.5, 0.6) is 0 Å². The molecule has 3 nitrogen and oxygen atoms in total. The molecular formula is C8H19N3. The molecule has 1 fully saturated rings. The van der Waals surface area contributed by atoms with Gasteiger partial charge < -0.3 is 4.90 Å². The molecule has 1 heterocycles. The fourth-order valence-electron chi connectivity index (χ4n) is 1.76. The van der Waals surface area contributed by atoms with Crippen LogP contribution in [0.3, 0.4) is 0 Å². The van der Waals surface area contributed by atoms with Crippen molar-refractivity contribution >= 4 is 0 Å². The predicted molar refractivity (Wildman–Crippen MR) is 47.0 cm³/mol. The van der Waals surface area contributed by atoms with Gasteiger partial charge in [-0.2, -0.15) is 0 Å². The van der Waals surface area contributed by atoms with Gasteiger partial charge in [-0.05, 0) is 32.9 Å². The number of piperidine rings is 1. The van der Waals surface area contributed by atoms with Crippen LogP contribution in [0.4, 0.5) is 0 Å². The van der Waals surface area contributed by atoms with Crippen molar-refractivity contribution in [3.8, 4) is 0 Å². The van der Waals surface area contributed by atoms with Gasteiger partial charge in [0.2, 0.25) is 0 Å². The van der Waals surface area contributed by atoms with E-state index in [1.807, 2.05) is 5.01 Å². The third kappa shape index (κ3) is 3.18. The summed E-state index contributed by atoms with van der Waals surface area (Å²) < 4.78 is 0. The molecule has 0 spiro atoms. The van der Waals surface area contributed by atoms with Gasteiger partial charge in [-0.15, -0.1) is 0 Å². The van der Waals surface area contributed by atoms with E-state index < -0.39 is 0 Å². The second kappa shape index (κ2) is 4.04. The van der Waals surface area contributed by atoms with Crippen molar-refractivity contribution in [1.29, 1.82) is 0 Å². The van der Waals surface area contributed by atoms with Crippen molar-refractivity contribution in [2.45, 2.75) is 12.8 Å². The third-order valence-electron chi connectivity index (χ3n) is 2.17. The maximum absolute atomic E-state index is 5.72. The molecule has 0 aromatic heterocycles. The van der Waals surface area contributed by atoms with Gasteiger partial charge in [-0.25, -0.2) is 5.01 Å². The number of nitrogens with two attached hydrogens (primary N) is 1. The van der Waals surface area contributed by atoms with Gasteiger partial charge in [0.05, 0.1) is 0 Å². The highest BCUT2D eigenvalue weighted by atomic mass is 15.4. The molecular weight excluding hydrogens is 138 g/mol. The highest BCUT2D eigenvalue weighted by Gasteiger charge is 2.17. The van der Waals surface area contributed by atoms with Crippen LogP contribution in [0, 0.1) is 5.92 Å². The summed E-state index contributed by atoms with van der Waals surface area (Å²) in [6.45, 7) is 3.32. The maximum atomic E-state index is 5.72. The molecule has 0 saturated carbocycles. The molecule has 0 bridgehead atoms. The number of hydrogen-bond donors (Lipinski definition) is 1. The normalized spacial score (nSPS) is 27.8. The second-order valence-electron chi connectivity index (χ2n) is 3.77. The van der Waals surface area contributed by atoms with Gasteiger partial charge in [-0.3, -0.25) is 5.84 Å². The van der Waals surface area contributed by atoms with E-state index in [2.05, 4.69) is 19.0 Å². The zero-order valence-electron chi connectivity index (χ0n) is 7.58. The zero-order valence-corrected chi connectivity index (χ0v) is 7.58. The van der Waals surface area contributed by atoms with Crippen LogP contribution >= 0.6 is 0 Å². The monoisotopic (exact) mass is 157 g/mol. The standard InChI is InChI=1S/C8H19N3/c1-10(2)6-8-4-3-5-11(9)7-8/h8H,3-7,9H2,1-2H3. The average molecular weight is 157 g/mol.